The van der Waals surface area contributed by atoms with E-state index >= 15 is 0 Å². The molecule has 3 N–H and O–H groups in total. The molecule has 0 saturated heterocycles. The molecule has 0 aliphatic heterocycles. The quantitative estimate of drug-likeness (QED) is 0.439. The van der Waals surface area contributed by atoms with Gasteiger partial charge in [0.05, 0.1) is 11.1 Å². The smallest absolute Gasteiger partial charge is 0.335 e. The number of rotatable bonds is 4. The number of ketones is 1. The lowest BCUT2D eigenvalue weighted by atomic mass is 9.70. The topological polar surface area (TPSA) is 112 Å². The average molecular weight is 438 g/mol. The first kappa shape index (κ1) is 20.6. The highest BCUT2D eigenvalue weighted by Crippen LogP contribution is 2.43. The van der Waals surface area contributed by atoms with Gasteiger partial charge in [0.15, 0.2) is 5.78 Å². The molecule has 6 heteroatoms. The lowest BCUT2D eigenvalue weighted by Gasteiger charge is -2.36. The van der Waals surface area contributed by atoms with Crippen molar-refractivity contribution < 1.29 is 29.7 Å². The zero-order chi connectivity index (χ0) is 23.3. The summed E-state index contributed by atoms with van der Waals surface area (Å²) in [6.45, 7) is 0. The molecule has 0 saturated carbocycles. The van der Waals surface area contributed by atoms with Crippen molar-refractivity contribution in [3.05, 3.63) is 118 Å². The standard InChI is InChI=1S/C27H18O6/c28-24-20-12-18(25(29)30)7-9-22(20)27(33,23-10-8-19(26(31)32)13-21(23)24)14-15-5-6-16-3-1-2-4-17(16)11-15/h1-13,33H,14H2,(H,29,30)(H,31,32). The van der Waals surface area contributed by atoms with Crippen LogP contribution in [0.4, 0.5) is 0 Å². The second kappa shape index (κ2) is 7.39. The molecule has 6 nitrogen and oxygen atoms in total. The fourth-order valence-electron chi connectivity index (χ4n) is 4.58. The van der Waals surface area contributed by atoms with E-state index in [2.05, 4.69) is 0 Å². The number of aromatic carboxylic acids is 2. The van der Waals surface area contributed by atoms with Crippen molar-refractivity contribution in [3.63, 3.8) is 0 Å². The fraction of sp³-hybridized carbons (Fsp3) is 0.0741. The molecular formula is C27H18O6. The molecule has 1 aliphatic rings. The molecule has 0 bridgehead atoms. The maximum atomic E-state index is 13.3. The van der Waals surface area contributed by atoms with E-state index in [9.17, 15) is 29.7 Å². The van der Waals surface area contributed by atoms with Crippen molar-refractivity contribution >= 4 is 28.5 Å². The maximum absolute atomic E-state index is 13.3. The predicted molar refractivity (Wildman–Crippen MR) is 121 cm³/mol. The first-order valence-corrected chi connectivity index (χ1v) is 10.3. The Kier molecular flexibility index (Phi) is 4.62. The van der Waals surface area contributed by atoms with E-state index in [1.807, 2.05) is 42.5 Å². The number of benzene rings is 4. The zero-order valence-corrected chi connectivity index (χ0v) is 17.3. The molecule has 0 aromatic heterocycles. The van der Waals surface area contributed by atoms with Crippen LogP contribution in [0.3, 0.4) is 0 Å². The molecule has 0 heterocycles. The third-order valence-electron chi connectivity index (χ3n) is 6.19. The summed E-state index contributed by atoms with van der Waals surface area (Å²) in [7, 11) is 0. The van der Waals surface area contributed by atoms with Crippen LogP contribution in [0.1, 0.15) is 53.3 Å². The number of fused-ring (bicyclic) bond motifs is 3. The summed E-state index contributed by atoms with van der Waals surface area (Å²) in [4.78, 5) is 36.3. The van der Waals surface area contributed by atoms with Gasteiger partial charge in [-0.05, 0) is 51.7 Å². The minimum Gasteiger partial charge on any atom is -0.478 e. The number of hydrogen-bond acceptors (Lipinski definition) is 4. The second-order valence-corrected chi connectivity index (χ2v) is 8.18. The molecule has 5 rings (SSSR count). The van der Waals surface area contributed by atoms with Crippen LogP contribution in [-0.2, 0) is 12.0 Å². The van der Waals surface area contributed by atoms with Crippen molar-refractivity contribution in [1.29, 1.82) is 0 Å². The normalized spacial score (nSPS) is 13.9. The lowest BCUT2D eigenvalue weighted by Crippen LogP contribution is -2.38. The van der Waals surface area contributed by atoms with Crippen molar-refractivity contribution in [2.75, 3.05) is 0 Å². The Morgan fingerprint density at radius 1 is 0.697 bits per heavy atom. The molecule has 162 valence electrons. The summed E-state index contributed by atoms with van der Waals surface area (Å²) in [5, 5.41) is 32.9. The lowest BCUT2D eigenvalue weighted by molar-refractivity contribution is 0.0686. The van der Waals surface area contributed by atoms with E-state index in [0.29, 0.717) is 11.1 Å². The molecule has 0 radical (unpaired) electrons. The van der Waals surface area contributed by atoms with Gasteiger partial charge in [-0.1, -0.05) is 54.6 Å². The van der Waals surface area contributed by atoms with Crippen molar-refractivity contribution in [2.24, 2.45) is 0 Å². The Morgan fingerprint density at radius 2 is 1.24 bits per heavy atom. The molecule has 0 unspecified atom stereocenters. The van der Waals surface area contributed by atoms with Crippen LogP contribution >= 0.6 is 0 Å². The largest absolute Gasteiger partial charge is 0.478 e. The Bertz CT molecular complexity index is 1420. The van der Waals surface area contributed by atoms with Gasteiger partial charge < -0.3 is 15.3 Å². The highest BCUT2D eigenvalue weighted by molar-refractivity contribution is 6.14. The van der Waals surface area contributed by atoms with E-state index in [0.717, 1.165) is 16.3 Å². The van der Waals surface area contributed by atoms with Crippen LogP contribution in [0.2, 0.25) is 0 Å². The van der Waals surface area contributed by atoms with Gasteiger partial charge in [-0.15, -0.1) is 0 Å². The van der Waals surface area contributed by atoms with Crippen molar-refractivity contribution in [3.8, 4) is 0 Å². The number of aliphatic hydroxyl groups is 1. The van der Waals surface area contributed by atoms with Gasteiger partial charge in [0, 0.05) is 17.5 Å². The van der Waals surface area contributed by atoms with Gasteiger partial charge >= 0.3 is 11.9 Å². The number of carbonyl (C=O) groups excluding carboxylic acids is 1. The van der Waals surface area contributed by atoms with Gasteiger partial charge in [0.2, 0.25) is 0 Å². The molecule has 4 aromatic rings. The molecule has 0 fully saturated rings. The van der Waals surface area contributed by atoms with Crippen LogP contribution in [-0.4, -0.2) is 33.0 Å². The van der Waals surface area contributed by atoms with Gasteiger partial charge in [0.25, 0.3) is 0 Å². The number of hydrogen-bond donors (Lipinski definition) is 3. The third kappa shape index (κ3) is 3.28. The van der Waals surface area contributed by atoms with E-state index in [4.69, 9.17) is 0 Å². The molecule has 0 atom stereocenters. The van der Waals surface area contributed by atoms with E-state index in [-0.39, 0.29) is 28.7 Å². The Hall–Kier alpha value is -4.29. The first-order valence-electron chi connectivity index (χ1n) is 10.3. The SMILES string of the molecule is O=C(O)c1ccc2c(c1)C(=O)c1cc(C(=O)O)ccc1C2(O)Cc1ccc2ccccc2c1. The van der Waals surface area contributed by atoms with E-state index in [1.165, 1.54) is 36.4 Å². The monoisotopic (exact) mass is 438 g/mol. The minimum absolute atomic E-state index is 0.0493. The summed E-state index contributed by atoms with van der Waals surface area (Å²) < 4.78 is 0. The first-order chi connectivity index (χ1) is 15.8. The summed E-state index contributed by atoms with van der Waals surface area (Å²) in [6, 6.07) is 21.7. The van der Waals surface area contributed by atoms with Crippen LogP contribution in [0.25, 0.3) is 10.8 Å². The highest BCUT2D eigenvalue weighted by Gasteiger charge is 2.43. The Labute approximate surface area is 188 Å². The molecular weight excluding hydrogens is 420 g/mol. The summed E-state index contributed by atoms with van der Waals surface area (Å²) >= 11 is 0. The average Bonchev–Trinajstić information content (AvgIpc) is 2.82. The molecule has 33 heavy (non-hydrogen) atoms. The minimum atomic E-state index is -1.66. The summed E-state index contributed by atoms with van der Waals surface area (Å²) in [5.41, 5.74) is -0.341. The van der Waals surface area contributed by atoms with Crippen LogP contribution in [0.15, 0.2) is 78.9 Å². The maximum Gasteiger partial charge on any atom is 0.335 e. The fourth-order valence-corrected chi connectivity index (χ4v) is 4.58. The summed E-state index contributed by atoms with van der Waals surface area (Å²) in [6.07, 6.45) is 0.115. The Balaban J connectivity index is 1.73. The van der Waals surface area contributed by atoms with Crippen LogP contribution < -0.4 is 0 Å². The van der Waals surface area contributed by atoms with Gasteiger partial charge in [-0.3, -0.25) is 4.79 Å². The number of carboxylic acid groups (broad SMARTS) is 2. The van der Waals surface area contributed by atoms with Gasteiger partial charge in [-0.2, -0.15) is 0 Å². The third-order valence-corrected chi connectivity index (χ3v) is 6.19. The van der Waals surface area contributed by atoms with Crippen molar-refractivity contribution in [2.45, 2.75) is 12.0 Å². The predicted octanol–water partition coefficient (Wildman–Crippen LogP) is 4.26. The molecule has 4 aromatic carbocycles. The number of carboxylic acids is 2. The molecule has 1 aliphatic carbocycles. The van der Waals surface area contributed by atoms with Gasteiger partial charge in [-0.25, -0.2) is 9.59 Å². The number of carbonyl (C=O) groups is 3. The Morgan fingerprint density at radius 3 is 1.79 bits per heavy atom. The van der Waals surface area contributed by atoms with Crippen LogP contribution in [0.5, 0.6) is 0 Å². The van der Waals surface area contributed by atoms with Crippen LogP contribution in [0, 0.1) is 0 Å². The van der Waals surface area contributed by atoms with E-state index in [1.54, 1.807) is 0 Å². The van der Waals surface area contributed by atoms with Gasteiger partial charge in [0.1, 0.15) is 5.60 Å². The van der Waals surface area contributed by atoms with Crippen molar-refractivity contribution in [1.82, 2.24) is 0 Å². The molecule has 0 spiro atoms. The summed E-state index contributed by atoms with van der Waals surface area (Å²) in [5.74, 6) is -2.92. The zero-order valence-electron chi connectivity index (χ0n) is 17.3. The molecule has 0 amide bonds. The highest BCUT2D eigenvalue weighted by atomic mass is 16.4. The van der Waals surface area contributed by atoms with E-state index < -0.39 is 23.3 Å². The second-order valence-electron chi connectivity index (χ2n) is 8.18.